The van der Waals surface area contributed by atoms with Crippen molar-refractivity contribution in [2.45, 2.75) is 56.1 Å². The number of para-hydroxylation sites is 1. The van der Waals surface area contributed by atoms with Crippen molar-refractivity contribution >= 4 is 25.1 Å². The molecule has 3 aromatic rings. The summed E-state index contributed by atoms with van der Waals surface area (Å²) < 4.78 is 37.2. The van der Waals surface area contributed by atoms with Crippen LogP contribution in [0.25, 0.3) is 5.52 Å². The van der Waals surface area contributed by atoms with Crippen molar-refractivity contribution in [3.8, 4) is 11.8 Å². The molecule has 0 spiro atoms. The molecule has 1 aromatic carbocycles. The van der Waals surface area contributed by atoms with E-state index in [4.69, 9.17) is 24.3 Å². The van der Waals surface area contributed by atoms with E-state index in [0.717, 1.165) is 31.9 Å². The average molecular weight is 570 g/mol. The molecule has 2 fully saturated rings. The van der Waals surface area contributed by atoms with Gasteiger partial charge in [0.05, 0.1) is 0 Å². The third-order valence-corrected chi connectivity index (χ3v) is 8.17. The largest absolute Gasteiger partial charge is 0.513 e. The molecule has 1 aliphatic heterocycles. The summed E-state index contributed by atoms with van der Waals surface area (Å²) in [6, 6.07) is 11.8. The van der Waals surface area contributed by atoms with E-state index in [1.54, 1.807) is 18.2 Å². The van der Waals surface area contributed by atoms with Crippen LogP contribution in [0.15, 0.2) is 60.8 Å². The number of carbonyl (C=O) groups excluding carboxylic acids is 1. The van der Waals surface area contributed by atoms with Gasteiger partial charge in [0.1, 0.15) is 60.0 Å². The van der Waals surface area contributed by atoms with Crippen LogP contribution in [0, 0.1) is 11.3 Å². The highest BCUT2D eigenvalue weighted by Crippen LogP contribution is 2.48. The predicted molar refractivity (Wildman–Crippen MR) is 138 cm³/mol. The van der Waals surface area contributed by atoms with Crippen molar-refractivity contribution in [2.75, 3.05) is 5.73 Å². The Hall–Kier alpha value is -4.15. The Labute approximate surface area is 228 Å². The number of nitriles is 1. The minimum Gasteiger partial charge on any atom is -0.462 e. The fraction of sp³-hybridized carbons (Fsp3) is 0.360. The molecule has 1 saturated heterocycles. The Morgan fingerprint density at radius 3 is 2.75 bits per heavy atom. The number of anilines is 1. The second-order valence-corrected chi connectivity index (χ2v) is 11.0. The lowest BCUT2D eigenvalue weighted by atomic mass is 9.93. The lowest BCUT2D eigenvalue weighted by Gasteiger charge is -2.27. The number of aliphatic hydroxyl groups excluding tert-OH is 2. The zero-order chi connectivity index (χ0) is 28.5. The maximum absolute atomic E-state index is 13.8. The monoisotopic (exact) mass is 570 g/mol. The molecule has 0 amide bonds. The quantitative estimate of drug-likeness (QED) is 0.165. The Morgan fingerprint density at radius 1 is 1.32 bits per heavy atom. The van der Waals surface area contributed by atoms with Crippen LogP contribution in [-0.2, 0) is 29.0 Å². The van der Waals surface area contributed by atoms with Crippen LogP contribution in [-0.4, -0.2) is 55.1 Å². The summed E-state index contributed by atoms with van der Waals surface area (Å²) in [7, 11) is -4.37. The summed E-state index contributed by atoms with van der Waals surface area (Å²) in [5, 5.41) is 38.4. The molecule has 40 heavy (non-hydrogen) atoms. The van der Waals surface area contributed by atoms with E-state index < -0.39 is 43.3 Å². The van der Waals surface area contributed by atoms with E-state index in [1.807, 2.05) is 6.07 Å². The number of ether oxygens (including phenoxy) is 2. The third kappa shape index (κ3) is 5.07. The minimum atomic E-state index is -4.37. The number of hydrogen-bond donors (Lipinski definition) is 4. The molecule has 210 valence electrons. The zero-order valence-electron chi connectivity index (χ0n) is 21.3. The fourth-order valence-electron chi connectivity index (χ4n) is 4.23. The van der Waals surface area contributed by atoms with Crippen LogP contribution in [0.2, 0.25) is 0 Å². The number of fused-ring (bicyclic) bond motifs is 1. The van der Waals surface area contributed by atoms with Gasteiger partial charge in [0, 0.05) is 0 Å². The number of carbonyl (C=O) groups is 1. The number of rotatable bonds is 9. The molecule has 1 saturated carbocycles. The Morgan fingerprint density at radius 2 is 2.08 bits per heavy atom. The van der Waals surface area contributed by atoms with Gasteiger partial charge in [-0.3, -0.25) is 4.79 Å². The molecule has 15 heteroatoms. The molecule has 5 N–H and O–H groups in total. The summed E-state index contributed by atoms with van der Waals surface area (Å²) in [5.74, 6) is -0.784. The summed E-state index contributed by atoms with van der Waals surface area (Å²) in [4.78, 5) is 16.4. The number of nitrogens with zero attached hydrogens (tertiary/aromatic N) is 4. The van der Waals surface area contributed by atoms with E-state index in [1.165, 1.54) is 35.7 Å². The number of hydrogen-bond acceptors (Lipinski definition) is 12. The van der Waals surface area contributed by atoms with Crippen LogP contribution < -0.4 is 15.3 Å². The molecule has 1 unspecified atom stereocenters. The molecule has 3 heterocycles. The molecule has 1 aliphatic carbocycles. The number of aliphatic hydroxyl groups is 2. The van der Waals surface area contributed by atoms with Gasteiger partial charge < -0.3 is 34.5 Å². The first kappa shape index (κ1) is 27.4. The highest BCUT2D eigenvalue weighted by Gasteiger charge is 2.57. The van der Waals surface area contributed by atoms with Gasteiger partial charge in [-0.2, -0.15) is 15.4 Å². The maximum Gasteiger partial charge on any atom is 0.513 e. The Bertz CT molecular complexity index is 1520. The van der Waals surface area contributed by atoms with Gasteiger partial charge >= 0.3 is 13.7 Å². The highest BCUT2D eigenvalue weighted by atomic mass is 31.2. The first-order valence-electron chi connectivity index (χ1n) is 12.4. The smallest absolute Gasteiger partial charge is 0.462 e. The SMILES string of the molecule is C[C@H](NP(=O)(O/C=C1/O[C@@](C#N)(c2ccc3c(N)ncnn23)[C@H](O)[C@@H]1O)Oc1ccccc1)C(=O)OC1CCC1. The van der Waals surface area contributed by atoms with Gasteiger partial charge in [-0.25, -0.2) is 14.1 Å². The molecule has 0 bridgehead atoms. The maximum atomic E-state index is 13.8. The van der Waals surface area contributed by atoms with E-state index in [0.29, 0.717) is 5.52 Å². The second-order valence-electron chi connectivity index (χ2n) is 9.37. The molecule has 5 atom stereocenters. The van der Waals surface area contributed by atoms with Crippen molar-refractivity contribution in [1.82, 2.24) is 19.7 Å². The lowest BCUT2D eigenvalue weighted by molar-refractivity contribution is -0.154. The number of nitrogens with two attached hydrogens (primary N) is 1. The Kier molecular flexibility index (Phi) is 7.39. The van der Waals surface area contributed by atoms with Crippen LogP contribution in [0.5, 0.6) is 5.75 Å². The Balaban J connectivity index is 1.42. The summed E-state index contributed by atoms with van der Waals surface area (Å²) >= 11 is 0. The number of nitrogen functional groups attached to an aromatic ring is 1. The van der Waals surface area contributed by atoms with E-state index in [9.17, 15) is 24.8 Å². The molecule has 14 nitrogen and oxygen atoms in total. The van der Waals surface area contributed by atoms with Crippen LogP contribution in [0.3, 0.4) is 0 Å². The standard InChI is InChI=1S/C25H27N6O8P/c1-15(24(34)37-16-8-5-9-16)30-40(35,39-17-6-3-2-4-7-17)36-12-19-21(32)22(33)25(13-26,38-19)20-11-10-18-23(27)28-14-29-31(18)20/h2-4,6-7,10-12,14-16,21-22,32-33H,5,8-9H2,1H3,(H,30,35)(H2,27,28,29)/b19-12+/t15-,21+,22+,25-,40?/m0/s1. The van der Waals surface area contributed by atoms with Crippen LogP contribution >= 0.6 is 7.75 Å². The topological polar surface area (TPSA) is 204 Å². The summed E-state index contributed by atoms with van der Waals surface area (Å²) in [6.07, 6.45) is 0.643. The van der Waals surface area contributed by atoms with Crippen LogP contribution in [0.4, 0.5) is 5.82 Å². The number of nitrogens with one attached hydrogen (secondary N) is 1. The fourth-order valence-corrected chi connectivity index (χ4v) is 5.61. The van der Waals surface area contributed by atoms with Crippen molar-refractivity contribution in [1.29, 1.82) is 5.26 Å². The summed E-state index contributed by atoms with van der Waals surface area (Å²) in [6.45, 7) is 1.44. The van der Waals surface area contributed by atoms with E-state index in [2.05, 4.69) is 15.2 Å². The average Bonchev–Trinajstić information content (AvgIpc) is 3.46. The van der Waals surface area contributed by atoms with E-state index >= 15 is 0 Å². The zero-order valence-corrected chi connectivity index (χ0v) is 22.2. The van der Waals surface area contributed by atoms with Crippen molar-refractivity contribution < 1.29 is 38.1 Å². The predicted octanol–water partition coefficient (Wildman–Crippen LogP) is 1.90. The van der Waals surface area contributed by atoms with Gasteiger partial charge in [-0.15, -0.1) is 0 Å². The van der Waals surface area contributed by atoms with Crippen molar-refractivity contribution in [3.05, 3.63) is 66.5 Å². The van der Waals surface area contributed by atoms with Crippen molar-refractivity contribution in [2.24, 2.45) is 0 Å². The lowest BCUT2D eigenvalue weighted by Crippen LogP contribution is -2.40. The molecule has 0 radical (unpaired) electrons. The second kappa shape index (κ2) is 10.8. The number of esters is 1. The molecule has 2 aromatic heterocycles. The number of benzene rings is 1. The minimum absolute atomic E-state index is 0.0586. The molecular formula is C25H27N6O8P. The first-order valence-corrected chi connectivity index (χ1v) is 14.0. The first-order chi connectivity index (χ1) is 19.2. The van der Waals surface area contributed by atoms with Gasteiger partial charge in [0.15, 0.2) is 11.6 Å². The number of aromatic nitrogens is 3. The van der Waals surface area contributed by atoms with Gasteiger partial charge in [0.25, 0.3) is 5.60 Å². The summed E-state index contributed by atoms with van der Waals surface area (Å²) in [5.41, 5.74) is 4.14. The molecule has 2 aliphatic rings. The highest BCUT2D eigenvalue weighted by molar-refractivity contribution is 7.52. The molecular weight excluding hydrogens is 543 g/mol. The normalized spacial score (nSPS) is 25.8. The van der Waals surface area contributed by atoms with Gasteiger partial charge in [-0.1, -0.05) is 18.2 Å². The van der Waals surface area contributed by atoms with Gasteiger partial charge in [0.2, 0.25) is 0 Å². The van der Waals surface area contributed by atoms with Crippen LogP contribution in [0.1, 0.15) is 31.9 Å². The van der Waals surface area contributed by atoms with E-state index in [-0.39, 0.29) is 23.4 Å². The molecule has 5 rings (SSSR count). The van der Waals surface area contributed by atoms with Crippen molar-refractivity contribution in [3.63, 3.8) is 0 Å². The third-order valence-electron chi connectivity index (χ3n) is 6.63. The van der Waals surface area contributed by atoms with Gasteiger partial charge in [-0.05, 0) is 50.5 Å².